The fourth-order valence-electron chi connectivity index (χ4n) is 1.88. The molecule has 1 atom stereocenters. The average molecular weight is 149 g/mol. The molecule has 60 valence electrons. The lowest BCUT2D eigenvalue weighted by Crippen LogP contribution is -2.28. The summed E-state index contributed by atoms with van der Waals surface area (Å²) in [6.07, 6.45) is 3.40. The van der Waals surface area contributed by atoms with Crippen molar-refractivity contribution in [2.75, 3.05) is 0 Å². The minimum absolute atomic E-state index is 0.0799. The molecular formula is C10H15N. The van der Waals surface area contributed by atoms with Crippen LogP contribution in [0.2, 0.25) is 0 Å². The molecule has 0 aromatic heterocycles. The van der Waals surface area contributed by atoms with Gasteiger partial charge in [0.2, 0.25) is 0 Å². The normalized spacial score (nSPS) is 29.5. The van der Waals surface area contributed by atoms with Crippen LogP contribution < -0.4 is 0 Å². The van der Waals surface area contributed by atoms with Crippen LogP contribution in [0.3, 0.4) is 0 Å². The highest BCUT2D eigenvalue weighted by atomic mass is 14.4. The highest BCUT2D eigenvalue weighted by Gasteiger charge is 2.34. The Hall–Kier alpha value is -0.770. The van der Waals surface area contributed by atoms with Crippen LogP contribution in [0.25, 0.3) is 0 Å². The minimum Gasteiger partial charge on any atom is -0.198 e. The van der Waals surface area contributed by atoms with E-state index in [1.54, 1.807) is 0 Å². The topological polar surface area (TPSA) is 23.8 Å². The standard InChI is InChI=1S/C10H15N/c1-8-5-4-6-10(2,3)9(8)7-11/h9H,1,4-6H2,2-3H3. The maximum atomic E-state index is 8.89. The van der Waals surface area contributed by atoms with Crippen molar-refractivity contribution in [2.24, 2.45) is 11.3 Å². The first-order valence-electron chi connectivity index (χ1n) is 4.15. The zero-order chi connectivity index (χ0) is 8.48. The van der Waals surface area contributed by atoms with Gasteiger partial charge in [0.15, 0.2) is 0 Å². The Bertz CT molecular complexity index is 207. The van der Waals surface area contributed by atoms with Gasteiger partial charge in [0.1, 0.15) is 0 Å². The van der Waals surface area contributed by atoms with E-state index in [4.69, 9.17) is 5.26 Å². The summed E-state index contributed by atoms with van der Waals surface area (Å²) in [7, 11) is 0. The van der Waals surface area contributed by atoms with Crippen LogP contribution in [-0.4, -0.2) is 0 Å². The van der Waals surface area contributed by atoms with Gasteiger partial charge in [-0.05, 0) is 24.7 Å². The SMILES string of the molecule is C=C1CCCC(C)(C)C1C#N. The molecule has 11 heavy (non-hydrogen) atoms. The molecule has 0 radical (unpaired) electrons. The number of nitrogens with zero attached hydrogens (tertiary/aromatic N) is 1. The molecule has 1 heteroatoms. The van der Waals surface area contributed by atoms with Gasteiger partial charge in [-0.25, -0.2) is 0 Å². The van der Waals surface area contributed by atoms with E-state index in [0.29, 0.717) is 0 Å². The Morgan fingerprint density at radius 1 is 1.64 bits per heavy atom. The molecule has 0 aliphatic heterocycles. The first-order valence-corrected chi connectivity index (χ1v) is 4.15. The summed E-state index contributed by atoms with van der Waals surface area (Å²) >= 11 is 0. The average Bonchev–Trinajstić information content (AvgIpc) is 1.86. The Morgan fingerprint density at radius 3 is 2.64 bits per heavy atom. The summed E-state index contributed by atoms with van der Waals surface area (Å²) in [5.41, 5.74) is 1.29. The summed E-state index contributed by atoms with van der Waals surface area (Å²) in [4.78, 5) is 0. The summed E-state index contributed by atoms with van der Waals surface area (Å²) in [6.45, 7) is 8.26. The third-order valence-corrected chi connectivity index (χ3v) is 2.64. The maximum absolute atomic E-state index is 8.89. The molecular weight excluding hydrogens is 134 g/mol. The van der Waals surface area contributed by atoms with Gasteiger partial charge in [-0.1, -0.05) is 26.0 Å². The van der Waals surface area contributed by atoms with Crippen LogP contribution in [0.5, 0.6) is 0 Å². The second-order valence-corrected chi connectivity index (χ2v) is 4.06. The van der Waals surface area contributed by atoms with Gasteiger partial charge < -0.3 is 0 Å². The molecule has 0 aromatic carbocycles. The predicted molar refractivity (Wildman–Crippen MR) is 45.9 cm³/mol. The van der Waals surface area contributed by atoms with Crippen molar-refractivity contribution in [3.8, 4) is 6.07 Å². The lowest BCUT2D eigenvalue weighted by Gasteiger charge is -2.35. The second-order valence-electron chi connectivity index (χ2n) is 4.06. The molecule has 1 unspecified atom stereocenters. The monoisotopic (exact) mass is 149 g/mol. The molecule has 1 rings (SSSR count). The number of allylic oxidation sites excluding steroid dienone is 1. The zero-order valence-corrected chi connectivity index (χ0v) is 7.35. The first-order chi connectivity index (χ1) is 5.08. The molecule has 0 heterocycles. The summed E-state index contributed by atoms with van der Waals surface area (Å²) < 4.78 is 0. The van der Waals surface area contributed by atoms with Crippen LogP contribution in [0.15, 0.2) is 12.2 Å². The van der Waals surface area contributed by atoms with E-state index in [-0.39, 0.29) is 11.3 Å². The van der Waals surface area contributed by atoms with E-state index in [0.717, 1.165) is 18.4 Å². The summed E-state index contributed by atoms with van der Waals surface area (Å²) in [6, 6.07) is 2.34. The summed E-state index contributed by atoms with van der Waals surface area (Å²) in [5, 5.41) is 8.89. The molecule has 0 saturated heterocycles. The molecule has 0 N–H and O–H groups in total. The highest BCUT2D eigenvalue weighted by Crippen LogP contribution is 2.42. The zero-order valence-electron chi connectivity index (χ0n) is 7.35. The van der Waals surface area contributed by atoms with E-state index < -0.39 is 0 Å². The van der Waals surface area contributed by atoms with Crippen molar-refractivity contribution in [3.05, 3.63) is 12.2 Å². The smallest absolute Gasteiger partial charge is 0.0721 e. The van der Waals surface area contributed by atoms with Crippen molar-refractivity contribution in [2.45, 2.75) is 33.1 Å². The molecule has 0 amide bonds. The van der Waals surface area contributed by atoms with E-state index in [2.05, 4.69) is 26.5 Å². The molecule has 1 saturated carbocycles. The predicted octanol–water partition coefficient (Wildman–Crippen LogP) is 2.89. The van der Waals surface area contributed by atoms with E-state index in [1.165, 1.54) is 6.42 Å². The number of nitriles is 1. The molecule has 0 aromatic rings. The Balaban J connectivity index is 2.83. The molecule has 0 bridgehead atoms. The van der Waals surface area contributed by atoms with Gasteiger partial charge in [-0.15, -0.1) is 0 Å². The molecule has 1 fully saturated rings. The fraction of sp³-hybridized carbons (Fsp3) is 0.700. The van der Waals surface area contributed by atoms with Gasteiger partial charge in [0, 0.05) is 0 Å². The number of hydrogen-bond donors (Lipinski definition) is 0. The Kier molecular flexibility index (Phi) is 2.04. The fourth-order valence-corrected chi connectivity index (χ4v) is 1.88. The highest BCUT2D eigenvalue weighted by molar-refractivity contribution is 5.17. The Morgan fingerprint density at radius 2 is 2.27 bits per heavy atom. The second kappa shape index (κ2) is 2.70. The van der Waals surface area contributed by atoms with E-state index in [1.807, 2.05) is 0 Å². The minimum atomic E-state index is 0.0799. The van der Waals surface area contributed by atoms with Gasteiger partial charge >= 0.3 is 0 Å². The van der Waals surface area contributed by atoms with Crippen LogP contribution >= 0.6 is 0 Å². The van der Waals surface area contributed by atoms with Crippen molar-refractivity contribution < 1.29 is 0 Å². The van der Waals surface area contributed by atoms with Crippen LogP contribution in [0.1, 0.15) is 33.1 Å². The maximum Gasteiger partial charge on any atom is 0.0721 e. The van der Waals surface area contributed by atoms with Gasteiger partial charge in [-0.3, -0.25) is 0 Å². The number of rotatable bonds is 0. The third kappa shape index (κ3) is 1.45. The largest absolute Gasteiger partial charge is 0.198 e. The molecule has 1 aliphatic carbocycles. The molecule has 0 spiro atoms. The van der Waals surface area contributed by atoms with Crippen LogP contribution in [0.4, 0.5) is 0 Å². The van der Waals surface area contributed by atoms with Crippen molar-refractivity contribution in [1.29, 1.82) is 5.26 Å². The van der Waals surface area contributed by atoms with Gasteiger partial charge in [0.25, 0.3) is 0 Å². The van der Waals surface area contributed by atoms with Crippen molar-refractivity contribution in [3.63, 3.8) is 0 Å². The van der Waals surface area contributed by atoms with E-state index >= 15 is 0 Å². The van der Waals surface area contributed by atoms with Crippen molar-refractivity contribution in [1.82, 2.24) is 0 Å². The lowest BCUT2D eigenvalue weighted by molar-refractivity contribution is 0.233. The molecule has 1 nitrogen and oxygen atoms in total. The lowest BCUT2D eigenvalue weighted by atomic mass is 9.67. The quantitative estimate of drug-likeness (QED) is 0.486. The van der Waals surface area contributed by atoms with Crippen LogP contribution in [0, 0.1) is 22.7 Å². The van der Waals surface area contributed by atoms with E-state index in [9.17, 15) is 0 Å². The first kappa shape index (κ1) is 8.33. The van der Waals surface area contributed by atoms with Crippen molar-refractivity contribution >= 4 is 0 Å². The molecule has 1 aliphatic rings. The third-order valence-electron chi connectivity index (χ3n) is 2.64. The van der Waals surface area contributed by atoms with Gasteiger partial charge in [0.05, 0.1) is 12.0 Å². The Labute approximate surface area is 68.7 Å². The van der Waals surface area contributed by atoms with Gasteiger partial charge in [-0.2, -0.15) is 5.26 Å². The summed E-state index contributed by atoms with van der Waals surface area (Å²) in [5.74, 6) is 0.0799. The van der Waals surface area contributed by atoms with Crippen LogP contribution in [-0.2, 0) is 0 Å². The number of hydrogen-bond acceptors (Lipinski definition) is 1.